The van der Waals surface area contributed by atoms with E-state index in [0.717, 1.165) is 0 Å². The van der Waals surface area contributed by atoms with Gasteiger partial charge in [-0.25, -0.2) is 4.79 Å². The van der Waals surface area contributed by atoms with Gasteiger partial charge in [0.15, 0.2) is 0 Å². The normalized spacial score (nSPS) is 18.8. The summed E-state index contributed by atoms with van der Waals surface area (Å²) in [6.45, 7) is 0.421. The molecule has 0 saturated heterocycles. The van der Waals surface area contributed by atoms with Gasteiger partial charge in [-0.05, 0) is 12.3 Å². The molecule has 1 aliphatic rings. The maximum absolute atomic E-state index is 11.0. The zero-order chi connectivity index (χ0) is 11.7. The lowest BCUT2D eigenvalue weighted by molar-refractivity contribution is 0.0689. The minimum Gasteiger partial charge on any atom is -0.492 e. The number of aliphatic hydroxyl groups excluding tert-OH is 1. The fourth-order valence-corrected chi connectivity index (χ4v) is 2.53. The molecule has 0 aliphatic carbocycles. The van der Waals surface area contributed by atoms with Crippen molar-refractivity contribution in [2.45, 2.75) is 17.4 Å². The van der Waals surface area contributed by atoms with Gasteiger partial charge in [0.1, 0.15) is 5.75 Å². The lowest BCUT2D eigenvalue weighted by atomic mass is 10.0. The molecular formula is C11H12O4S. The van der Waals surface area contributed by atoms with E-state index < -0.39 is 12.1 Å². The second-order valence-electron chi connectivity index (χ2n) is 3.52. The molecule has 4 nitrogen and oxygen atoms in total. The number of hydrogen-bond donors (Lipinski definition) is 2. The van der Waals surface area contributed by atoms with E-state index in [0.29, 0.717) is 29.2 Å². The maximum atomic E-state index is 11.0. The summed E-state index contributed by atoms with van der Waals surface area (Å²) in [5.41, 5.74) is 0.904. The van der Waals surface area contributed by atoms with Gasteiger partial charge < -0.3 is 14.9 Å². The van der Waals surface area contributed by atoms with Crippen LogP contribution in [0.25, 0.3) is 0 Å². The second kappa shape index (κ2) is 4.35. The molecule has 1 atom stereocenters. The van der Waals surface area contributed by atoms with Gasteiger partial charge in [-0.2, -0.15) is 0 Å². The van der Waals surface area contributed by atoms with Crippen LogP contribution in [0.5, 0.6) is 5.75 Å². The summed E-state index contributed by atoms with van der Waals surface area (Å²) in [5, 5.41) is 18.8. The summed E-state index contributed by atoms with van der Waals surface area (Å²) in [6, 6.07) is 3.15. The number of fused-ring (bicyclic) bond motifs is 1. The summed E-state index contributed by atoms with van der Waals surface area (Å²) in [4.78, 5) is 11.6. The van der Waals surface area contributed by atoms with Gasteiger partial charge in [-0.15, -0.1) is 11.8 Å². The number of aliphatic hydroxyl groups is 1. The number of ether oxygens (including phenoxy) is 1. The molecule has 0 aromatic heterocycles. The lowest BCUT2D eigenvalue weighted by Gasteiger charge is -2.24. The van der Waals surface area contributed by atoms with E-state index in [2.05, 4.69) is 0 Å². The first-order valence-corrected chi connectivity index (χ1v) is 6.12. The zero-order valence-corrected chi connectivity index (χ0v) is 9.58. The largest absolute Gasteiger partial charge is 0.492 e. The average molecular weight is 240 g/mol. The Morgan fingerprint density at radius 3 is 2.94 bits per heavy atom. The summed E-state index contributed by atoms with van der Waals surface area (Å²) < 4.78 is 5.46. The van der Waals surface area contributed by atoms with Crippen molar-refractivity contribution in [3.8, 4) is 5.75 Å². The minimum atomic E-state index is -0.976. The topological polar surface area (TPSA) is 66.8 Å². The van der Waals surface area contributed by atoms with Crippen LogP contribution in [0.15, 0.2) is 17.0 Å². The monoisotopic (exact) mass is 240 g/mol. The van der Waals surface area contributed by atoms with Crippen LogP contribution in [0.3, 0.4) is 0 Å². The van der Waals surface area contributed by atoms with Crippen molar-refractivity contribution in [1.29, 1.82) is 0 Å². The number of hydrogen-bond acceptors (Lipinski definition) is 4. The van der Waals surface area contributed by atoms with E-state index in [4.69, 9.17) is 9.84 Å². The number of thioether (sulfide) groups is 1. The van der Waals surface area contributed by atoms with Crippen LogP contribution < -0.4 is 4.74 Å². The van der Waals surface area contributed by atoms with Gasteiger partial charge in [0.25, 0.3) is 0 Å². The predicted molar refractivity (Wildman–Crippen MR) is 60.3 cm³/mol. The molecule has 2 N–H and O–H groups in total. The highest BCUT2D eigenvalue weighted by Crippen LogP contribution is 2.40. The van der Waals surface area contributed by atoms with Crippen molar-refractivity contribution in [3.63, 3.8) is 0 Å². The maximum Gasteiger partial charge on any atom is 0.336 e. The standard InChI is InChI=1S/C11H12O4S/c1-16-10-7(11(13)14)3-2-6-8(12)4-5-15-9(6)10/h2-3,8,12H,4-5H2,1H3,(H,13,14). The first kappa shape index (κ1) is 11.3. The smallest absolute Gasteiger partial charge is 0.336 e. The summed E-state index contributed by atoms with van der Waals surface area (Å²) in [7, 11) is 0. The van der Waals surface area contributed by atoms with Gasteiger partial charge in [0.2, 0.25) is 0 Å². The van der Waals surface area contributed by atoms with Crippen molar-refractivity contribution in [3.05, 3.63) is 23.3 Å². The van der Waals surface area contributed by atoms with Gasteiger partial charge in [-0.1, -0.05) is 6.07 Å². The third-order valence-corrected chi connectivity index (χ3v) is 3.39. The van der Waals surface area contributed by atoms with Crippen molar-refractivity contribution in [2.24, 2.45) is 0 Å². The SMILES string of the molecule is CSc1c(C(=O)O)ccc2c1OCCC2O. The molecule has 1 heterocycles. The Kier molecular flexibility index (Phi) is 3.07. The molecular weight excluding hydrogens is 228 g/mol. The molecule has 2 rings (SSSR count). The highest BCUT2D eigenvalue weighted by molar-refractivity contribution is 7.98. The van der Waals surface area contributed by atoms with Crippen LogP contribution in [0, 0.1) is 0 Å². The Labute approximate surface area is 97.2 Å². The quantitative estimate of drug-likeness (QED) is 0.773. The Bertz CT molecular complexity index is 430. The first-order valence-electron chi connectivity index (χ1n) is 4.90. The van der Waals surface area contributed by atoms with Crippen LogP contribution in [0.2, 0.25) is 0 Å². The average Bonchev–Trinajstić information content (AvgIpc) is 2.27. The molecule has 0 amide bonds. The lowest BCUT2D eigenvalue weighted by Crippen LogP contribution is -2.16. The summed E-state index contributed by atoms with van der Waals surface area (Å²) in [6.07, 6.45) is 1.79. The molecule has 5 heteroatoms. The highest BCUT2D eigenvalue weighted by Gasteiger charge is 2.25. The molecule has 1 aromatic rings. The molecule has 16 heavy (non-hydrogen) atoms. The Morgan fingerprint density at radius 2 is 2.31 bits per heavy atom. The number of carbonyl (C=O) groups is 1. The van der Waals surface area contributed by atoms with Crippen LogP contribution in [-0.4, -0.2) is 29.0 Å². The van der Waals surface area contributed by atoms with Crippen molar-refractivity contribution >= 4 is 17.7 Å². The Morgan fingerprint density at radius 1 is 1.56 bits per heavy atom. The number of carboxylic acids is 1. The number of benzene rings is 1. The van der Waals surface area contributed by atoms with Gasteiger partial charge in [-0.3, -0.25) is 0 Å². The van der Waals surface area contributed by atoms with Crippen molar-refractivity contribution < 1.29 is 19.7 Å². The Balaban J connectivity index is 2.59. The van der Waals surface area contributed by atoms with Gasteiger partial charge >= 0.3 is 5.97 Å². The van der Waals surface area contributed by atoms with Crippen molar-refractivity contribution in [2.75, 3.05) is 12.9 Å². The molecule has 0 saturated carbocycles. The van der Waals surface area contributed by atoms with Crippen LogP contribution in [0.4, 0.5) is 0 Å². The van der Waals surface area contributed by atoms with Gasteiger partial charge in [0.05, 0.1) is 23.2 Å². The van der Waals surface area contributed by atoms with Crippen LogP contribution >= 0.6 is 11.8 Å². The third kappa shape index (κ3) is 1.76. The molecule has 1 aliphatic heterocycles. The summed E-state index contributed by atoms with van der Waals surface area (Å²) >= 11 is 1.32. The molecule has 1 unspecified atom stereocenters. The minimum absolute atomic E-state index is 0.223. The van der Waals surface area contributed by atoms with Crippen LogP contribution in [0.1, 0.15) is 28.4 Å². The van der Waals surface area contributed by atoms with Crippen LogP contribution in [-0.2, 0) is 0 Å². The number of rotatable bonds is 2. The van der Waals surface area contributed by atoms with Crippen molar-refractivity contribution in [1.82, 2.24) is 0 Å². The number of carboxylic acid groups (broad SMARTS) is 1. The second-order valence-corrected chi connectivity index (χ2v) is 4.34. The first-order chi connectivity index (χ1) is 7.65. The molecule has 0 fully saturated rings. The highest BCUT2D eigenvalue weighted by atomic mass is 32.2. The van der Waals surface area contributed by atoms with E-state index in [1.807, 2.05) is 0 Å². The van der Waals surface area contributed by atoms with E-state index in [1.165, 1.54) is 17.8 Å². The van der Waals surface area contributed by atoms with E-state index in [1.54, 1.807) is 12.3 Å². The van der Waals surface area contributed by atoms with E-state index in [9.17, 15) is 9.90 Å². The zero-order valence-electron chi connectivity index (χ0n) is 8.77. The molecule has 86 valence electrons. The van der Waals surface area contributed by atoms with E-state index >= 15 is 0 Å². The number of aromatic carboxylic acids is 1. The predicted octanol–water partition coefficient (Wildman–Crippen LogP) is 1.92. The third-order valence-electron chi connectivity index (χ3n) is 2.57. The fourth-order valence-electron chi connectivity index (χ4n) is 1.79. The fraction of sp³-hybridized carbons (Fsp3) is 0.364. The molecule has 0 spiro atoms. The van der Waals surface area contributed by atoms with E-state index in [-0.39, 0.29) is 5.56 Å². The molecule has 1 aromatic carbocycles. The van der Waals surface area contributed by atoms with Gasteiger partial charge in [0, 0.05) is 12.0 Å². The molecule has 0 bridgehead atoms. The molecule has 0 radical (unpaired) electrons. The Hall–Kier alpha value is -1.20. The summed E-state index contributed by atoms with van der Waals surface area (Å²) in [5.74, 6) is -0.457.